The Bertz CT molecular complexity index is 429. The van der Waals surface area contributed by atoms with E-state index >= 15 is 0 Å². The molecule has 0 aromatic carbocycles. The van der Waals surface area contributed by atoms with Gasteiger partial charge in [-0.05, 0) is 34.6 Å². The number of rotatable bonds is 4. The van der Waals surface area contributed by atoms with Gasteiger partial charge in [0.2, 0.25) is 5.91 Å². The van der Waals surface area contributed by atoms with Crippen molar-refractivity contribution in [3.63, 3.8) is 0 Å². The number of amides is 1. The summed E-state index contributed by atoms with van der Waals surface area (Å²) in [5.74, 6) is 0.0155. The summed E-state index contributed by atoms with van der Waals surface area (Å²) in [5.41, 5.74) is 3.13. The van der Waals surface area contributed by atoms with E-state index in [0.29, 0.717) is 13.1 Å². The van der Waals surface area contributed by atoms with E-state index in [0.717, 1.165) is 11.4 Å². The second kappa shape index (κ2) is 5.52. The Kier molecular flexibility index (Phi) is 4.51. The first kappa shape index (κ1) is 14.7. The molecule has 1 aromatic rings. The Morgan fingerprint density at radius 3 is 2.39 bits per heavy atom. The maximum atomic E-state index is 11.6. The number of aryl methyl sites for hydroxylation is 2. The molecule has 0 radical (unpaired) electrons. The van der Waals surface area contributed by atoms with Gasteiger partial charge in [-0.3, -0.25) is 9.48 Å². The van der Waals surface area contributed by atoms with Gasteiger partial charge in [0.15, 0.2) is 0 Å². The lowest BCUT2D eigenvalue weighted by Crippen LogP contribution is -2.44. The Hall–Kier alpha value is -1.36. The van der Waals surface area contributed by atoms with Gasteiger partial charge in [0.05, 0.1) is 12.2 Å². The molecule has 0 unspecified atom stereocenters. The molecule has 1 heterocycles. The molecule has 0 fully saturated rings. The van der Waals surface area contributed by atoms with E-state index in [9.17, 15) is 4.79 Å². The molecule has 18 heavy (non-hydrogen) atoms. The minimum absolute atomic E-state index is 0.0155. The van der Waals surface area contributed by atoms with Gasteiger partial charge < -0.3 is 10.6 Å². The molecule has 1 rings (SSSR count). The van der Waals surface area contributed by atoms with Gasteiger partial charge in [-0.1, -0.05) is 0 Å². The minimum atomic E-state index is -0.182. The van der Waals surface area contributed by atoms with E-state index in [4.69, 9.17) is 0 Å². The van der Waals surface area contributed by atoms with Crippen LogP contribution in [-0.2, 0) is 18.4 Å². The van der Waals surface area contributed by atoms with Crippen molar-refractivity contribution in [2.24, 2.45) is 7.05 Å². The van der Waals surface area contributed by atoms with Crippen LogP contribution in [0.4, 0.5) is 0 Å². The maximum absolute atomic E-state index is 11.6. The summed E-state index contributed by atoms with van der Waals surface area (Å²) in [5, 5.41) is 10.4. The smallest absolute Gasteiger partial charge is 0.234 e. The van der Waals surface area contributed by atoms with Crippen LogP contribution in [0.1, 0.15) is 37.7 Å². The minimum Gasteiger partial charge on any atom is -0.350 e. The van der Waals surface area contributed by atoms with Crippen LogP contribution in [0.3, 0.4) is 0 Å². The van der Waals surface area contributed by atoms with Crippen LogP contribution in [-0.4, -0.2) is 27.8 Å². The highest BCUT2D eigenvalue weighted by molar-refractivity contribution is 5.78. The third-order valence-corrected chi connectivity index (χ3v) is 2.76. The Balaban J connectivity index is 2.45. The lowest BCUT2D eigenvalue weighted by atomic mass is 10.1. The average Bonchev–Trinajstić information content (AvgIpc) is 2.41. The number of carbonyl (C=O) groups is 1. The standard InChI is InChI=1S/C13H24N4O/c1-9-11(10(2)17(6)16-9)7-14-8-12(18)15-13(3,4)5/h14H,7-8H2,1-6H3,(H,15,18). The van der Waals surface area contributed by atoms with E-state index < -0.39 is 0 Å². The predicted octanol–water partition coefficient (Wildman–Crippen LogP) is 1.04. The van der Waals surface area contributed by atoms with Gasteiger partial charge >= 0.3 is 0 Å². The summed E-state index contributed by atoms with van der Waals surface area (Å²) in [7, 11) is 1.93. The van der Waals surface area contributed by atoms with Crippen LogP contribution in [0, 0.1) is 13.8 Å². The SMILES string of the molecule is Cc1nn(C)c(C)c1CNCC(=O)NC(C)(C)C. The first-order valence-electron chi connectivity index (χ1n) is 6.21. The molecule has 0 aliphatic carbocycles. The molecule has 0 saturated heterocycles. The normalized spacial score (nSPS) is 11.7. The summed E-state index contributed by atoms with van der Waals surface area (Å²) < 4.78 is 1.86. The molecule has 0 saturated carbocycles. The van der Waals surface area contributed by atoms with E-state index in [1.165, 1.54) is 5.56 Å². The highest BCUT2D eigenvalue weighted by atomic mass is 16.2. The summed E-state index contributed by atoms with van der Waals surface area (Å²) >= 11 is 0. The third-order valence-electron chi connectivity index (χ3n) is 2.76. The highest BCUT2D eigenvalue weighted by Crippen LogP contribution is 2.10. The third kappa shape index (κ3) is 4.14. The van der Waals surface area contributed by atoms with Crippen molar-refractivity contribution in [3.8, 4) is 0 Å². The number of hydrogen-bond acceptors (Lipinski definition) is 3. The number of hydrogen-bond donors (Lipinski definition) is 2. The van der Waals surface area contributed by atoms with Crippen LogP contribution in [0.25, 0.3) is 0 Å². The fraction of sp³-hybridized carbons (Fsp3) is 0.692. The van der Waals surface area contributed by atoms with Crippen molar-refractivity contribution >= 4 is 5.91 Å². The Morgan fingerprint density at radius 1 is 1.33 bits per heavy atom. The first-order valence-corrected chi connectivity index (χ1v) is 6.21. The molecule has 0 bridgehead atoms. The van der Waals surface area contributed by atoms with Crippen LogP contribution in [0.15, 0.2) is 0 Å². The van der Waals surface area contributed by atoms with E-state index in [1.807, 2.05) is 46.3 Å². The fourth-order valence-electron chi connectivity index (χ4n) is 1.84. The maximum Gasteiger partial charge on any atom is 0.234 e. The van der Waals surface area contributed by atoms with Crippen molar-refractivity contribution in [2.45, 2.75) is 46.7 Å². The molecule has 0 aliphatic rings. The summed E-state index contributed by atoms with van der Waals surface area (Å²) in [6, 6.07) is 0. The molecule has 2 N–H and O–H groups in total. The van der Waals surface area contributed by atoms with Crippen LogP contribution >= 0.6 is 0 Å². The molecule has 5 nitrogen and oxygen atoms in total. The monoisotopic (exact) mass is 252 g/mol. The largest absolute Gasteiger partial charge is 0.350 e. The zero-order chi connectivity index (χ0) is 13.9. The molecule has 5 heteroatoms. The molecular formula is C13H24N4O. The van der Waals surface area contributed by atoms with Gasteiger partial charge in [-0.25, -0.2) is 0 Å². The van der Waals surface area contributed by atoms with Crippen molar-refractivity contribution in [3.05, 3.63) is 17.0 Å². The Labute approximate surface area is 109 Å². The topological polar surface area (TPSA) is 59.0 Å². The molecule has 0 aliphatic heterocycles. The van der Waals surface area contributed by atoms with Crippen LogP contribution in [0.5, 0.6) is 0 Å². The zero-order valence-corrected chi connectivity index (χ0v) is 12.2. The van der Waals surface area contributed by atoms with Crippen LogP contribution in [0.2, 0.25) is 0 Å². The second-order valence-corrected chi connectivity index (χ2v) is 5.67. The number of carbonyl (C=O) groups excluding carboxylic acids is 1. The lowest BCUT2D eigenvalue weighted by molar-refractivity contribution is -0.121. The molecule has 102 valence electrons. The van der Waals surface area contributed by atoms with Gasteiger partial charge in [0, 0.05) is 30.4 Å². The van der Waals surface area contributed by atoms with Crippen molar-refractivity contribution in [1.29, 1.82) is 0 Å². The Morgan fingerprint density at radius 2 is 1.94 bits per heavy atom. The van der Waals surface area contributed by atoms with Gasteiger partial charge in [0.1, 0.15) is 0 Å². The molecule has 1 amide bonds. The van der Waals surface area contributed by atoms with Gasteiger partial charge in [-0.2, -0.15) is 5.10 Å². The van der Waals surface area contributed by atoms with E-state index in [-0.39, 0.29) is 11.4 Å². The summed E-state index contributed by atoms with van der Waals surface area (Å²) in [6.45, 7) is 10.9. The zero-order valence-electron chi connectivity index (χ0n) is 12.2. The van der Waals surface area contributed by atoms with Crippen molar-refractivity contribution < 1.29 is 4.79 Å². The molecule has 1 aromatic heterocycles. The van der Waals surface area contributed by atoms with E-state index in [2.05, 4.69) is 15.7 Å². The first-order chi connectivity index (χ1) is 8.20. The van der Waals surface area contributed by atoms with Crippen molar-refractivity contribution in [2.75, 3.05) is 6.54 Å². The van der Waals surface area contributed by atoms with Crippen LogP contribution < -0.4 is 10.6 Å². The summed E-state index contributed by atoms with van der Waals surface area (Å²) in [6.07, 6.45) is 0. The molecule has 0 atom stereocenters. The number of aromatic nitrogens is 2. The highest BCUT2D eigenvalue weighted by Gasteiger charge is 2.14. The van der Waals surface area contributed by atoms with Crippen molar-refractivity contribution in [1.82, 2.24) is 20.4 Å². The number of nitrogens with zero attached hydrogens (tertiary/aromatic N) is 2. The lowest BCUT2D eigenvalue weighted by Gasteiger charge is -2.20. The quantitative estimate of drug-likeness (QED) is 0.842. The molecular weight excluding hydrogens is 228 g/mol. The van der Waals surface area contributed by atoms with E-state index in [1.54, 1.807) is 0 Å². The van der Waals surface area contributed by atoms with Gasteiger partial charge in [0.25, 0.3) is 0 Å². The predicted molar refractivity (Wildman–Crippen MR) is 72.3 cm³/mol. The summed E-state index contributed by atoms with van der Waals surface area (Å²) in [4.78, 5) is 11.6. The second-order valence-electron chi connectivity index (χ2n) is 5.67. The number of nitrogens with one attached hydrogen (secondary N) is 2. The van der Waals surface area contributed by atoms with Gasteiger partial charge in [-0.15, -0.1) is 0 Å². The average molecular weight is 252 g/mol. The fourth-order valence-corrected chi connectivity index (χ4v) is 1.84. The molecule has 0 spiro atoms.